The van der Waals surface area contributed by atoms with Gasteiger partial charge in [0.25, 0.3) is 0 Å². The number of hydrogen-bond donors (Lipinski definition) is 2. The van der Waals surface area contributed by atoms with Crippen molar-refractivity contribution < 1.29 is 14.6 Å². The molecular weight excluding hydrogens is 396 g/mol. The number of fused-ring (bicyclic) bond motifs is 1. The van der Waals surface area contributed by atoms with Gasteiger partial charge >= 0.3 is 6.09 Å². The minimum Gasteiger partial charge on any atom is -0.465 e. The summed E-state index contributed by atoms with van der Waals surface area (Å²) in [5, 5.41) is 17.3. The maximum Gasteiger partial charge on any atom is 0.407 e. The van der Waals surface area contributed by atoms with Crippen LogP contribution < -0.4 is 5.32 Å². The highest BCUT2D eigenvalue weighted by atomic mass is 16.5. The predicted molar refractivity (Wildman–Crippen MR) is 117 cm³/mol. The van der Waals surface area contributed by atoms with Crippen LogP contribution >= 0.6 is 0 Å². The van der Waals surface area contributed by atoms with Gasteiger partial charge in [0.15, 0.2) is 5.82 Å². The SMILES string of the molecule is O=C(O)N1CCN(C2CCC(Nc3ncnn4ccc(C5CCOCC5)c34)CC2)CC1. The Morgan fingerprint density at radius 3 is 2.52 bits per heavy atom. The van der Waals surface area contributed by atoms with Crippen molar-refractivity contribution >= 4 is 17.4 Å². The molecule has 1 amide bonds. The van der Waals surface area contributed by atoms with Gasteiger partial charge in [0.1, 0.15) is 11.8 Å². The van der Waals surface area contributed by atoms with Crippen molar-refractivity contribution in [2.24, 2.45) is 0 Å². The summed E-state index contributed by atoms with van der Waals surface area (Å²) in [7, 11) is 0. The first-order chi connectivity index (χ1) is 15.2. The van der Waals surface area contributed by atoms with Crippen LogP contribution in [0, 0.1) is 0 Å². The minimum atomic E-state index is -0.797. The molecule has 168 valence electrons. The first-order valence-corrected chi connectivity index (χ1v) is 11.6. The summed E-state index contributed by atoms with van der Waals surface area (Å²) >= 11 is 0. The second-order valence-corrected chi connectivity index (χ2v) is 9.01. The number of carboxylic acid groups (broad SMARTS) is 1. The van der Waals surface area contributed by atoms with E-state index in [2.05, 4.69) is 26.4 Å². The Labute approximate surface area is 182 Å². The van der Waals surface area contributed by atoms with E-state index in [0.717, 1.165) is 76.2 Å². The van der Waals surface area contributed by atoms with Crippen molar-refractivity contribution in [3.63, 3.8) is 0 Å². The second-order valence-electron chi connectivity index (χ2n) is 9.01. The van der Waals surface area contributed by atoms with Crippen molar-refractivity contribution in [2.75, 3.05) is 44.7 Å². The van der Waals surface area contributed by atoms with E-state index in [0.29, 0.717) is 31.1 Å². The third kappa shape index (κ3) is 4.34. The van der Waals surface area contributed by atoms with Gasteiger partial charge in [-0.15, -0.1) is 0 Å². The zero-order valence-electron chi connectivity index (χ0n) is 17.9. The maximum absolute atomic E-state index is 11.1. The highest BCUT2D eigenvalue weighted by Crippen LogP contribution is 2.34. The van der Waals surface area contributed by atoms with E-state index in [4.69, 9.17) is 9.84 Å². The van der Waals surface area contributed by atoms with Crippen molar-refractivity contribution in [3.8, 4) is 0 Å². The smallest absolute Gasteiger partial charge is 0.407 e. The molecule has 3 aliphatic rings. The Hall–Kier alpha value is -2.39. The number of aromatic nitrogens is 3. The van der Waals surface area contributed by atoms with Crippen LogP contribution in [0.5, 0.6) is 0 Å². The molecule has 0 unspecified atom stereocenters. The molecule has 3 fully saturated rings. The Bertz CT molecular complexity index is 896. The quantitative estimate of drug-likeness (QED) is 0.773. The van der Waals surface area contributed by atoms with E-state index < -0.39 is 6.09 Å². The van der Waals surface area contributed by atoms with E-state index in [9.17, 15) is 4.79 Å². The number of ether oxygens (including phenoxy) is 1. The number of piperazine rings is 1. The molecule has 31 heavy (non-hydrogen) atoms. The minimum absolute atomic E-state index is 0.410. The molecule has 4 heterocycles. The lowest BCUT2D eigenvalue weighted by molar-refractivity contribution is 0.0721. The Morgan fingerprint density at radius 2 is 1.81 bits per heavy atom. The molecule has 2 N–H and O–H groups in total. The van der Waals surface area contributed by atoms with E-state index in [1.807, 2.05) is 10.7 Å². The molecule has 9 nitrogen and oxygen atoms in total. The van der Waals surface area contributed by atoms with Gasteiger partial charge in [-0.3, -0.25) is 4.90 Å². The zero-order chi connectivity index (χ0) is 21.2. The van der Waals surface area contributed by atoms with Crippen LogP contribution in [-0.2, 0) is 4.74 Å². The van der Waals surface area contributed by atoms with Gasteiger partial charge in [0.2, 0.25) is 0 Å². The average molecular weight is 429 g/mol. The van der Waals surface area contributed by atoms with Crippen molar-refractivity contribution in [1.29, 1.82) is 0 Å². The van der Waals surface area contributed by atoms with Gasteiger partial charge in [0.05, 0.1) is 0 Å². The van der Waals surface area contributed by atoms with E-state index in [-0.39, 0.29) is 0 Å². The third-order valence-electron chi connectivity index (χ3n) is 7.28. The number of rotatable bonds is 4. The van der Waals surface area contributed by atoms with Crippen molar-refractivity contribution in [2.45, 2.75) is 56.5 Å². The van der Waals surface area contributed by atoms with Crippen LogP contribution in [0.4, 0.5) is 10.6 Å². The molecule has 1 aliphatic carbocycles. The first kappa shape index (κ1) is 20.5. The average Bonchev–Trinajstić information content (AvgIpc) is 3.26. The number of amides is 1. The van der Waals surface area contributed by atoms with Gasteiger partial charge in [-0.05, 0) is 56.1 Å². The molecule has 2 aromatic heterocycles. The van der Waals surface area contributed by atoms with Gasteiger partial charge < -0.3 is 20.1 Å². The molecule has 0 spiro atoms. The maximum atomic E-state index is 11.1. The van der Waals surface area contributed by atoms with Crippen LogP contribution in [-0.4, -0.2) is 87.1 Å². The van der Waals surface area contributed by atoms with Crippen LogP contribution in [0.25, 0.3) is 5.52 Å². The highest BCUT2D eigenvalue weighted by molar-refractivity contribution is 5.73. The fourth-order valence-electron chi connectivity index (χ4n) is 5.48. The van der Waals surface area contributed by atoms with Crippen molar-refractivity contribution in [1.82, 2.24) is 24.4 Å². The topological polar surface area (TPSA) is 95.2 Å². The molecule has 2 saturated heterocycles. The van der Waals surface area contributed by atoms with Crippen LogP contribution in [0.3, 0.4) is 0 Å². The van der Waals surface area contributed by atoms with E-state index in [1.54, 1.807) is 6.33 Å². The largest absolute Gasteiger partial charge is 0.465 e. The number of nitrogens with one attached hydrogen (secondary N) is 1. The van der Waals surface area contributed by atoms with Gasteiger partial charge in [0, 0.05) is 57.7 Å². The first-order valence-electron chi connectivity index (χ1n) is 11.6. The highest BCUT2D eigenvalue weighted by Gasteiger charge is 2.30. The van der Waals surface area contributed by atoms with Crippen LogP contribution in [0.2, 0.25) is 0 Å². The van der Waals surface area contributed by atoms with Crippen LogP contribution in [0.1, 0.15) is 50.0 Å². The fraction of sp³-hybridized carbons (Fsp3) is 0.682. The molecule has 0 bridgehead atoms. The van der Waals surface area contributed by atoms with Crippen LogP contribution in [0.15, 0.2) is 18.6 Å². The summed E-state index contributed by atoms with van der Waals surface area (Å²) in [5.74, 6) is 1.45. The summed E-state index contributed by atoms with van der Waals surface area (Å²) < 4.78 is 7.50. The summed E-state index contributed by atoms with van der Waals surface area (Å²) in [5.41, 5.74) is 2.44. The third-order valence-corrected chi connectivity index (χ3v) is 7.28. The molecule has 0 aromatic carbocycles. The van der Waals surface area contributed by atoms with Gasteiger partial charge in [-0.2, -0.15) is 5.10 Å². The Balaban J connectivity index is 1.22. The number of hydrogen-bond acceptors (Lipinski definition) is 6. The van der Waals surface area contributed by atoms with Gasteiger partial charge in [-0.1, -0.05) is 0 Å². The lowest BCUT2D eigenvalue weighted by Gasteiger charge is -2.41. The second kappa shape index (κ2) is 9.00. The molecule has 1 saturated carbocycles. The number of carbonyl (C=O) groups is 1. The lowest BCUT2D eigenvalue weighted by atomic mass is 9.89. The standard InChI is InChI=1S/C22H32N6O3/c29-22(30)27-11-9-26(10-12-27)18-3-1-17(2-4-18)25-21-20-19(16-6-13-31-14-7-16)5-8-28(20)24-15-23-21/h5,8,15-18H,1-4,6-7,9-14H2,(H,29,30)(H,23,24,25). The molecule has 0 radical (unpaired) electrons. The van der Waals surface area contributed by atoms with Crippen molar-refractivity contribution in [3.05, 3.63) is 24.2 Å². The number of nitrogens with zero attached hydrogens (tertiary/aromatic N) is 5. The summed E-state index contributed by atoms with van der Waals surface area (Å²) in [6, 6.07) is 3.16. The fourth-order valence-corrected chi connectivity index (χ4v) is 5.48. The summed E-state index contributed by atoms with van der Waals surface area (Å²) in [6.45, 7) is 4.58. The normalized spacial score (nSPS) is 26.3. The van der Waals surface area contributed by atoms with E-state index in [1.165, 1.54) is 10.5 Å². The molecule has 9 heteroatoms. The monoisotopic (exact) mass is 428 g/mol. The predicted octanol–water partition coefficient (Wildman–Crippen LogP) is 2.64. The zero-order valence-corrected chi connectivity index (χ0v) is 17.9. The molecule has 2 aliphatic heterocycles. The lowest BCUT2D eigenvalue weighted by Crippen LogP contribution is -2.52. The molecular formula is C22H32N6O3. The molecule has 2 aromatic rings. The molecule has 5 rings (SSSR count). The summed E-state index contributed by atoms with van der Waals surface area (Å²) in [4.78, 5) is 19.8. The summed E-state index contributed by atoms with van der Waals surface area (Å²) in [6.07, 6.45) is 9.47. The molecule has 0 atom stereocenters. The van der Waals surface area contributed by atoms with E-state index >= 15 is 0 Å². The van der Waals surface area contributed by atoms with Gasteiger partial charge in [-0.25, -0.2) is 14.3 Å². The number of anilines is 1. The Kier molecular flexibility index (Phi) is 5.95. The Morgan fingerprint density at radius 1 is 1.06 bits per heavy atom.